The summed E-state index contributed by atoms with van der Waals surface area (Å²) in [6.45, 7) is 0.469. The van der Waals surface area contributed by atoms with Crippen molar-refractivity contribution < 1.29 is 9.90 Å². The highest BCUT2D eigenvalue weighted by Gasteiger charge is 2.23. The molecule has 20 heavy (non-hydrogen) atoms. The van der Waals surface area contributed by atoms with Crippen molar-refractivity contribution in [2.45, 2.75) is 51.3 Å². The van der Waals surface area contributed by atoms with Gasteiger partial charge in [0, 0.05) is 19.0 Å². The van der Waals surface area contributed by atoms with E-state index in [4.69, 9.17) is 5.73 Å². The van der Waals surface area contributed by atoms with Crippen molar-refractivity contribution in [2.24, 2.45) is 11.7 Å². The fourth-order valence-corrected chi connectivity index (χ4v) is 2.88. The van der Waals surface area contributed by atoms with Crippen LogP contribution in [0.25, 0.3) is 0 Å². The number of amides is 1. The van der Waals surface area contributed by atoms with E-state index in [-0.39, 0.29) is 18.6 Å². The Balaban J connectivity index is 1.82. The SMILES string of the molecule is N[C@@H]1CCCC[C@@H]1CC(=O)NCc1ccccc1CO. The zero-order chi connectivity index (χ0) is 14.4. The van der Waals surface area contributed by atoms with Gasteiger partial charge in [0.05, 0.1) is 6.61 Å². The molecule has 2 rings (SSSR count). The van der Waals surface area contributed by atoms with Gasteiger partial charge >= 0.3 is 0 Å². The molecule has 0 spiro atoms. The predicted octanol–water partition coefficient (Wildman–Crippen LogP) is 1.70. The van der Waals surface area contributed by atoms with Crippen molar-refractivity contribution in [2.75, 3.05) is 0 Å². The minimum Gasteiger partial charge on any atom is -0.392 e. The number of carbonyl (C=O) groups is 1. The molecule has 4 N–H and O–H groups in total. The van der Waals surface area contributed by atoms with E-state index < -0.39 is 0 Å². The van der Waals surface area contributed by atoms with Crippen molar-refractivity contribution in [1.29, 1.82) is 0 Å². The standard InChI is InChI=1S/C16H24N2O2/c17-15-8-4-3-5-12(15)9-16(20)18-10-13-6-1-2-7-14(13)11-19/h1-2,6-7,12,15,19H,3-5,8-11,17H2,(H,18,20)/t12-,15-/m1/s1. The second kappa shape index (κ2) is 7.41. The van der Waals surface area contributed by atoms with E-state index in [1.807, 2.05) is 24.3 Å². The maximum absolute atomic E-state index is 12.0. The molecule has 1 aromatic rings. The van der Waals surface area contributed by atoms with E-state index in [0.717, 1.165) is 24.0 Å². The van der Waals surface area contributed by atoms with Gasteiger partial charge < -0.3 is 16.2 Å². The topological polar surface area (TPSA) is 75.4 Å². The van der Waals surface area contributed by atoms with Crippen molar-refractivity contribution >= 4 is 5.91 Å². The minimum absolute atomic E-state index is 0.000453. The average molecular weight is 276 g/mol. The van der Waals surface area contributed by atoms with Crippen LogP contribution in [0.15, 0.2) is 24.3 Å². The van der Waals surface area contributed by atoms with Gasteiger partial charge in [0.1, 0.15) is 0 Å². The molecule has 0 radical (unpaired) electrons. The first kappa shape index (κ1) is 15.0. The van der Waals surface area contributed by atoms with Crippen LogP contribution in [0.2, 0.25) is 0 Å². The first-order valence-electron chi connectivity index (χ1n) is 7.40. The van der Waals surface area contributed by atoms with Gasteiger partial charge in [-0.05, 0) is 29.9 Å². The quantitative estimate of drug-likeness (QED) is 0.766. The van der Waals surface area contributed by atoms with E-state index in [1.165, 1.54) is 12.8 Å². The van der Waals surface area contributed by atoms with Crippen molar-refractivity contribution in [1.82, 2.24) is 5.32 Å². The lowest BCUT2D eigenvalue weighted by Gasteiger charge is -2.28. The Bertz CT molecular complexity index is 448. The summed E-state index contributed by atoms with van der Waals surface area (Å²) in [5.41, 5.74) is 7.90. The van der Waals surface area contributed by atoms with Crippen LogP contribution in [0, 0.1) is 5.92 Å². The number of nitrogens with two attached hydrogens (primary N) is 1. The van der Waals surface area contributed by atoms with Crippen LogP contribution in [0.5, 0.6) is 0 Å². The van der Waals surface area contributed by atoms with Crippen molar-refractivity contribution in [3.8, 4) is 0 Å². The van der Waals surface area contributed by atoms with Crippen LogP contribution in [0.3, 0.4) is 0 Å². The van der Waals surface area contributed by atoms with Crippen LogP contribution in [-0.4, -0.2) is 17.1 Å². The molecule has 1 aromatic carbocycles. The number of benzene rings is 1. The molecule has 1 aliphatic carbocycles. The lowest BCUT2D eigenvalue weighted by atomic mass is 9.83. The van der Waals surface area contributed by atoms with Crippen LogP contribution < -0.4 is 11.1 Å². The average Bonchev–Trinajstić information content (AvgIpc) is 2.48. The summed E-state index contributed by atoms with van der Waals surface area (Å²) in [5, 5.41) is 12.2. The summed E-state index contributed by atoms with van der Waals surface area (Å²) in [5.74, 6) is 0.372. The van der Waals surface area contributed by atoms with Gasteiger partial charge in [-0.15, -0.1) is 0 Å². The van der Waals surface area contributed by atoms with Crippen LogP contribution in [-0.2, 0) is 17.9 Å². The summed E-state index contributed by atoms with van der Waals surface area (Å²) >= 11 is 0. The Labute approximate surface area is 120 Å². The van der Waals surface area contributed by atoms with Gasteiger partial charge in [0.2, 0.25) is 5.91 Å². The predicted molar refractivity (Wildman–Crippen MR) is 78.8 cm³/mol. The van der Waals surface area contributed by atoms with E-state index in [2.05, 4.69) is 5.32 Å². The third-order valence-corrected chi connectivity index (χ3v) is 4.18. The second-order valence-corrected chi connectivity index (χ2v) is 5.62. The Morgan fingerprint density at radius 2 is 1.95 bits per heavy atom. The maximum atomic E-state index is 12.0. The number of aliphatic hydroxyl groups excluding tert-OH is 1. The molecule has 110 valence electrons. The number of carbonyl (C=O) groups excluding carboxylic acids is 1. The highest BCUT2D eigenvalue weighted by Crippen LogP contribution is 2.25. The van der Waals surface area contributed by atoms with E-state index >= 15 is 0 Å². The summed E-state index contributed by atoms with van der Waals surface area (Å²) in [6.07, 6.45) is 4.97. The Morgan fingerprint density at radius 1 is 1.25 bits per heavy atom. The maximum Gasteiger partial charge on any atom is 0.220 e. The first-order valence-corrected chi connectivity index (χ1v) is 7.40. The molecule has 4 heteroatoms. The molecule has 1 fully saturated rings. The van der Waals surface area contributed by atoms with Gasteiger partial charge in [-0.25, -0.2) is 0 Å². The summed E-state index contributed by atoms with van der Waals surface area (Å²) in [6, 6.07) is 7.77. The van der Waals surface area contributed by atoms with E-state index in [1.54, 1.807) is 0 Å². The molecule has 1 amide bonds. The molecule has 0 heterocycles. The number of hydrogen-bond acceptors (Lipinski definition) is 3. The summed E-state index contributed by atoms with van der Waals surface area (Å²) in [4.78, 5) is 12.0. The van der Waals surface area contributed by atoms with Gasteiger partial charge in [-0.3, -0.25) is 4.79 Å². The molecule has 0 saturated heterocycles. The summed E-state index contributed by atoms with van der Waals surface area (Å²) < 4.78 is 0. The van der Waals surface area contributed by atoms with Crippen molar-refractivity contribution in [3.63, 3.8) is 0 Å². The van der Waals surface area contributed by atoms with Gasteiger partial charge in [0.25, 0.3) is 0 Å². The smallest absolute Gasteiger partial charge is 0.220 e. The third-order valence-electron chi connectivity index (χ3n) is 4.18. The first-order chi connectivity index (χ1) is 9.70. The fraction of sp³-hybridized carbons (Fsp3) is 0.562. The molecule has 0 aliphatic heterocycles. The Kier molecular flexibility index (Phi) is 5.56. The van der Waals surface area contributed by atoms with Crippen LogP contribution >= 0.6 is 0 Å². The van der Waals surface area contributed by atoms with Crippen LogP contribution in [0.1, 0.15) is 43.2 Å². The molecule has 4 nitrogen and oxygen atoms in total. The monoisotopic (exact) mass is 276 g/mol. The van der Waals surface area contributed by atoms with E-state index in [0.29, 0.717) is 18.9 Å². The number of aliphatic hydroxyl groups is 1. The molecule has 1 saturated carbocycles. The molecular weight excluding hydrogens is 252 g/mol. The molecule has 2 atom stereocenters. The molecule has 0 bridgehead atoms. The van der Waals surface area contributed by atoms with Crippen LogP contribution in [0.4, 0.5) is 0 Å². The van der Waals surface area contributed by atoms with Crippen molar-refractivity contribution in [3.05, 3.63) is 35.4 Å². The molecule has 1 aliphatic rings. The molecular formula is C16H24N2O2. The van der Waals surface area contributed by atoms with Gasteiger partial charge in [-0.2, -0.15) is 0 Å². The zero-order valence-corrected chi connectivity index (χ0v) is 11.8. The minimum atomic E-state index is -0.000453. The number of nitrogens with one attached hydrogen (secondary N) is 1. The lowest BCUT2D eigenvalue weighted by Crippen LogP contribution is -2.37. The molecule has 0 aromatic heterocycles. The highest BCUT2D eigenvalue weighted by atomic mass is 16.3. The Morgan fingerprint density at radius 3 is 2.65 bits per heavy atom. The second-order valence-electron chi connectivity index (χ2n) is 5.62. The van der Waals surface area contributed by atoms with Gasteiger partial charge in [0.15, 0.2) is 0 Å². The zero-order valence-electron chi connectivity index (χ0n) is 11.8. The summed E-state index contributed by atoms with van der Waals surface area (Å²) in [7, 11) is 0. The number of hydrogen-bond donors (Lipinski definition) is 3. The number of rotatable bonds is 5. The highest BCUT2D eigenvalue weighted by molar-refractivity contribution is 5.76. The molecule has 0 unspecified atom stereocenters. The van der Waals surface area contributed by atoms with E-state index in [9.17, 15) is 9.90 Å². The lowest BCUT2D eigenvalue weighted by molar-refractivity contribution is -0.122. The largest absolute Gasteiger partial charge is 0.392 e. The third kappa shape index (κ3) is 4.05. The Hall–Kier alpha value is -1.39. The van der Waals surface area contributed by atoms with Gasteiger partial charge in [-0.1, -0.05) is 37.1 Å². The normalized spacial score (nSPS) is 22.5. The fourth-order valence-electron chi connectivity index (χ4n) is 2.88.